The van der Waals surface area contributed by atoms with Gasteiger partial charge in [0.1, 0.15) is 0 Å². The molecule has 4 nitrogen and oxygen atoms in total. The third-order valence-electron chi connectivity index (χ3n) is 5.07. The molecule has 5 rings (SSSR count). The Labute approximate surface area is 148 Å². The molecule has 2 aromatic heterocycles. The summed E-state index contributed by atoms with van der Waals surface area (Å²) in [5.74, 6) is 0. The van der Waals surface area contributed by atoms with Crippen molar-refractivity contribution < 1.29 is 0 Å². The van der Waals surface area contributed by atoms with E-state index in [0.717, 1.165) is 22.2 Å². The van der Waals surface area contributed by atoms with Gasteiger partial charge in [-0.05, 0) is 55.3 Å². The molecule has 0 aliphatic heterocycles. The largest absolute Gasteiger partial charge is 0.354 e. The van der Waals surface area contributed by atoms with Gasteiger partial charge in [0.05, 0.1) is 16.6 Å². The predicted molar refractivity (Wildman–Crippen MR) is 107 cm³/mol. The summed E-state index contributed by atoms with van der Waals surface area (Å²) in [6, 6.07) is 15.0. The van der Waals surface area contributed by atoms with Crippen molar-refractivity contribution in [2.75, 3.05) is 0 Å². The number of rotatable bonds is 0. The van der Waals surface area contributed by atoms with E-state index in [4.69, 9.17) is 0 Å². The Kier molecular flexibility index (Phi) is 2.89. The Morgan fingerprint density at radius 3 is 2.08 bits per heavy atom. The molecule has 0 spiro atoms. The Morgan fingerprint density at radius 1 is 0.654 bits per heavy atom. The zero-order valence-corrected chi connectivity index (χ0v) is 14.4. The molecule has 0 atom stereocenters. The third-order valence-corrected chi connectivity index (χ3v) is 5.07. The second-order valence-electron chi connectivity index (χ2n) is 6.90. The van der Waals surface area contributed by atoms with Crippen LogP contribution in [0.4, 0.5) is 0 Å². The van der Waals surface area contributed by atoms with Crippen LogP contribution in [0, 0.1) is 13.8 Å². The van der Waals surface area contributed by atoms with Gasteiger partial charge in [0, 0.05) is 27.1 Å². The first-order chi connectivity index (χ1) is 12.5. The molecular weight excluding hydrogens is 324 g/mol. The third kappa shape index (κ3) is 1.96. The highest BCUT2D eigenvalue weighted by atomic mass is 16.1. The number of aryl methyl sites for hydroxylation is 2. The summed E-state index contributed by atoms with van der Waals surface area (Å²) in [6.45, 7) is 3.97. The molecule has 2 N–H and O–H groups in total. The van der Waals surface area contributed by atoms with Gasteiger partial charge < -0.3 is 9.97 Å². The van der Waals surface area contributed by atoms with Gasteiger partial charge in [-0.15, -0.1) is 0 Å². The standard InChI is InChI=1S/C22H16N2O2/c1-11-7-12(2)20-16(8-11)22(26)15-9-18-14(10-19(15)24-20)21(25)13-5-3-4-6-17(13)23-18/h3-10H,1-2H3,(H,23,25)(H,24,26). The minimum Gasteiger partial charge on any atom is -0.354 e. The van der Waals surface area contributed by atoms with Crippen LogP contribution in [-0.2, 0) is 0 Å². The predicted octanol–water partition coefficient (Wildman–Crippen LogP) is 4.29. The molecule has 0 fully saturated rings. The molecular formula is C22H16N2O2. The highest BCUT2D eigenvalue weighted by Gasteiger charge is 2.12. The fraction of sp³-hybridized carbons (Fsp3) is 0.0909. The number of nitrogens with one attached hydrogen (secondary N) is 2. The van der Waals surface area contributed by atoms with E-state index in [1.54, 1.807) is 12.1 Å². The van der Waals surface area contributed by atoms with E-state index in [1.165, 1.54) is 0 Å². The first-order valence-corrected chi connectivity index (χ1v) is 8.54. The molecule has 26 heavy (non-hydrogen) atoms. The van der Waals surface area contributed by atoms with Crippen molar-refractivity contribution in [2.24, 2.45) is 0 Å². The fourth-order valence-corrected chi connectivity index (χ4v) is 3.85. The molecule has 3 aromatic carbocycles. The van der Waals surface area contributed by atoms with Gasteiger partial charge in [0.25, 0.3) is 0 Å². The van der Waals surface area contributed by atoms with E-state index in [1.807, 2.05) is 50.2 Å². The van der Waals surface area contributed by atoms with Gasteiger partial charge in [-0.1, -0.05) is 18.2 Å². The van der Waals surface area contributed by atoms with E-state index < -0.39 is 0 Å². The van der Waals surface area contributed by atoms with E-state index in [2.05, 4.69) is 9.97 Å². The van der Waals surface area contributed by atoms with Crippen LogP contribution in [0.3, 0.4) is 0 Å². The van der Waals surface area contributed by atoms with Crippen LogP contribution in [0.5, 0.6) is 0 Å². The van der Waals surface area contributed by atoms with Crippen molar-refractivity contribution in [1.82, 2.24) is 9.97 Å². The fourth-order valence-electron chi connectivity index (χ4n) is 3.85. The molecule has 0 aliphatic carbocycles. The van der Waals surface area contributed by atoms with Crippen molar-refractivity contribution in [2.45, 2.75) is 13.8 Å². The van der Waals surface area contributed by atoms with Gasteiger partial charge >= 0.3 is 0 Å². The number of pyridine rings is 2. The van der Waals surface area contributed by atoms with Gasteiger partial charge in [-0.3, -0.25) is 9.59 Å². The lowest BCUT2D eigenvalue weighted by Crippen LogP contribution is -2.08. The Hall–Kier alpha value is -3.40. The van der Waals surface area contributed by atoms with Gasteiger partial charge in [0.2, 0.25) is 0 Å². The second kappa shape index (κ2) is 5.05. The second-order valence-corrected chi connectivity index (χ2v) is 6.90. The number of aromatic nitrogens is 2. The molecule has 5 aromatic rings. The van der Waals surface area contributed by atoms with Crippen molar-refractivity contribution in [3.05, 3.63) is 80.1 Å². The van der Waals surface area contributed by atoms with E-state index in [9.17, 15) is 9.59 Å². The number of hydrogen-bond acceptors (Lipinski definition) is 2. The Balaban J connectivity index is 2.03. The molecule has 0 bridgehead atoms. The lowest BCUT2D eigenvalue weighted by atomic mass is 10.0. The molecule has 0 saturated heterocycles. The first kappa shape index (κ1) is 14.9. The first-order valence-electron chi connectivity index (χ1n) is 8.54. The van der Waals surface area contributed by atoms with Crippen LogP contribution in [-0.4, -0.2) is 9.97 Å². The number of H-pyrrole nitrogens is 2. The van der Waals surface area contributed by atoms with Crippen LogP contribution >= 0.6 is 0 Å². The zero-order chi connectivity index (χ0) is 18.0. The summed E-state index contributed by atoms with van der Waals surface area (Å²) >= 11 is 0. The maximum Gasteiger partial charge on any atom is 0.197 e. The maximum atomic E-state index is 13.1. The molecule has 4 heteroatoms. The van der Waals surface area contributed by atoms with Gasteiger partial charge in [-0.25, -0.2) is 0 Å². The van der Waals surface area contributed by atoms with Gasteiger partial charge in [-0.2, -0.15) is 0 Å². The van der Waals surface area contributed by atoms with E-state index in [0.29, 0.717) is 32.6 Å². The molecule has 0 radical (unpaired) electrons. The quantitative estimate of drug-likeness (QED) is 0.413. The Morgan fingerprint density at radius 2 is 1.31 bits per heavy atom. The van der Waals surface area contributed by atoms with Crippen molar-refractivity contribution in [3.63, 3.8) is 0 Å². The summed E-state index contributed by atoms with van der Waals surface area (Å²) < 4.78 is 0. The topological polar surface area (TPSA) is 65.7 Å². The number of fused-ring (bicyclic) bond motifs is 4. The number of hydrogen-bond donors (Lipinski definition) is 2. The van der Waals surface area contributed by atoms with Crippen LogP contribution in [0.1, 0.15) is 11.1 Å². The van der Waals surface area contributed by atoms with Crippen molar-refractivity contribution in [3.8, 4) is 0 Å². The van der Waals surface area contributed by atoms with E-state index >= 15 is 0 Å². The molecule has 0 unspecified atom stereocenters. The summed E-state index contributed by atoms with van der Waals surface area (Å²) in [7, 11) is 0. The highest BCUT2D eigenvalue weighted by Crippen LogP contribution is 2.23. The summed E-state index contributed by atoms with van der Waals surface area (Å²) in [4.78, 5) is 32.6. The molecule has 0 saturated carbocycles. The zero-order valence-electron chi connectivity index (χ0n) is 14.4. The van der Waals surface area contributed by atoms with Crippen LogP contribution < -0.4 is 10.9 Å². The summed E-state index contributed by atoms with van der Waals surface area (Å²) in [5, 5.41) is 2.49. The highest BCUT2D eigenvalue weighted by molar-refractivity contribution is 6.03. The summed E-state index contributed by atoms with van der Waals surface area (Å²) in [5.41, 5.74) is 4.98. The maximum absolute atomic E-state index is 13.1. The van der Waals surface area contributed by atoms with Crippen LogP contribution in [0.25, 0.3) is 43.6 Å². The smallest absolute Gasteiger partial charge is 0.197 e. The number of benzene rings is 3. The normalized spacial score (nSPS) is 11.8. The minimum atomic E-state index is -0.0298. The molecule has 0 amide bonds. The minimum absolute atomic E-state index is 0.0172. The molecule has 2 heterocycles. The number of aromatic amines is 2. The van der Waals surface area contributed by atoms with E-state index in [-0.39, 0.29) is 10.9 Å². The number of para-hydroxylation sites is 1. The average Bonchev–Trinajstić information content (AvgIpc) is 2.62. The van der Waals surface area contributed by atoms with Crippen LogP contribution in [0.15, 0.2) is 58.1 Å². The van der Waals surface area contributed by atoms with Crippen molar-refractivity contribution >= 4 is 43.6 Å². The molecule has 0 aliphatic rings. The summed E-state index contributed by atoms with van der Waals surface area (Å²) in [6.07, 6.45) is 0. The SMILES string of the molecule is Cc1cc(C)c2[nH]c3cc4c(=O)c5ccccc5[nH]c4cc3c(=O)c2c1. The molecule has 126 valence electrons. The monoisotopic (exact) mass is 340 g/mol. The van der Waals surface area contributed by atoms with Crippen molar-refractivity contribution in [1.29, 1.82) is 0 Å². The lowest BCUT2D eigenvalue weighted by molar-refractivity contribution is 1.37. The van der Waals surface area contributed by atoms with Gasteiger partial charge in [0.15, 0.2) is 10.9 Å². The Bertz CT molecular complexity index is 1490. The average molecular weight is 340 g/mol. The van der Waals surface area contributed by atoms with Crippen LogP contribution in [0.2, 0.25) is 0 Å². The lowest BCUT2D eigenvalue weighted by Gasteiger charge is -2.09.